The number of benzene rings is 1. The van der Waals surface area contributed by atoms with E-state index in [1.807, 2.05) is 4.90 Å². The number of nitrogens with one attached hydrogen (secondary N) is 4. The van der Waals surface area contributed by atoms with Crippen molar-refractivity contribution < 1.29 is 27.5 Å². The number of methoxy groups -OCH3 is 1. The summed E-state index contributed by atoms with van der Waals surface area (Å²) in [6.45, 7) is 7.25. The first-order chi connectivity index (χ1) is 22.5. The van der Waals surface area contributed by atoms with Gasteiger partial charge in [-0.25, -0.2) is 9.97 Å². The maximum absolute atomic E-state index is 14.1. The van der Waals surface area contributed by atoms with Gasteiger partial charge in [-0.3, -0.25) is 19.5 Å². The molecule has 0 aliphatic carbocycles. The molecule has 12 nitrogen and oxygen atoms in total. The fraction of sp³-hybridized carbons (Fsp3) is 0.250. The summed E-state index contributed by atoms with van der Waals surface area (Å²) < 4.78 is 47.4. The first-order valence-electron chi connectivity index (χ1n) is 14.5. The van der Waals surface area contributed by atoms with Gasteiger partial charge in [0.05, 0.1) is 30.2 Å². The number of hydrogen-bond donors (Lipinski definition) is 4. The summed E-state index contributed by atoms with van der Waals surface area (Å²) in [7, 11) is 1.44. The van der Waals surface area contributed by atoms with Crippen molar-refractivity contribution in [2.24, 2.45) is 0 Å². The second-order valence-electron chi connectivity index (χ2n) is 10.6. The maximum Gasteiger partial charge on any atom is 0.421 e. The monoisotopic (exact) mass is 647 g/mol. The molecule has 1 aromatic carbocycles. The molecule has 3 aromatic heterocycles. The third-order valence-electron chi connectivity index (χ3n) is 7.42. The van der Waals surface area contributed by atoms with E-state index in [4.69, 9.17) is 4.74 Å². The minimum absolute atomic E-state index is 0.0636. The predicted octanol–water partition coefficient (Wildman–Crippen LogP) is 4.87. The van der Waals surface area contributed by atoms with Crippen LogP contribution in [0.2, 0.25) is 0 Å². The van der Waals surface area contributed by atoms with Crippen LogP contribution in [0.1, 0.15) is 27.0 Å². The molecule has 244 valence electrons. The van der Waals surface area contributed by atoms with Crippen LogP contribution in [0.15, 0.2) is 73.8 Å². The molecule has 47 heavy (non-hydrogen) atoms. The van der Waals surface area contributed by atoms with Crippen LogP contribution >= 0.6 is 0 Å². The molecule has 1 aliphatic rings. The number of Topliss-reactive ketones (excluding diaryl/α,β-unsaturated/α-hetero) is 1. The first kappa shape index (κ1) is 33.0. The van der Waals surface area contributed by atoms with Gasteiger partial charge in [-0.2, -0.15) is 18.2 Å². The number of aromatic nitrogens is 4. The van der Waals surface area contributed by atoms with Crippen molar-refractivity contribution in [1.82, 2.24) is 30.2 Å². The van der Waals surface area contributed by atoms with Gasteiger partial charge >= 0.3 is 6.18 Å². The number of pyridine rings is 2. The largest absolute Gasteiger partial charge is 0.481 e. The van der Waals surface area contributed by atoms with E-state index in [2.05, 4.69) is 47.8 Å². The topological polar surface area (TPSA) is 146 Å². The number of piperazine rings is 1. The number of hydrogen-bond acceptors (Lipinski definition) is 11. The van der Waals surface area contributed by atoms with Crippen LogP contribution in [0.5, 0.6) is 5.88 Å². The zero-order valence-corrected chi connectivity index (χ0v) is 25.6. The van der Waals surface area contributed by atoms with Crippen molar-refractivity contribution in [2.75, 3.05) is 42.7 Å². The van der Waals surface area contributed by atoms with Gasteiger partial charge in [0.1, 0.15) is 11.4 Å². The predicted molar refractivity (Wildman–Crippen MR) is 170 cm³/mol. The molecular formula is C32H32F3N9O3. The van der Waals surface area contributed by atoms with E-state index in [1.165, 1.54) is 13.3 Å². The summed E-state index contributed by atoms with van der Waals surface area (Å²) in [5.74, 6) is -0.998. The molecule has 4 N–H and O–H groups in total. The maximum atomic E-state index is 14.1. The Kier molecular flexibility index (Phi) is 10.1. The lowest BCUT2D eigenvalue weighted by Gasteiger charge is -2.35. The highest BCUT2D eigenvalue weighted by Crippen LogP contribution is 2.37. The number of halogens is 3. The van der Waals surface area contributed by atoms with Crippen LogP contribution in [0, 0.1) is 6.92 Å². The summed E-state index contributed by atoms with van der Waals surface area (Å²) in [6.07, 6.45) is 1.60. The average Bonchev–Trinajstić information content (AvgIpc) is 3.06. The van der Waals surface area contributed by atoms with E-state index in [9.17, 15) is 22.8 Å². The lowest BCUT2D eigenvalue weighted by Crippen LogP contribution is -2.54. The number of aryl methyl sites for hydroxylation is 1. The van der Waals surface area contributed by atoms with Gasteiger partial charge in [-0.1, -0.05) is 12.6 Å². The Bertz CT molecular complexity index is 1770. The molecule has 1 amide bonds. The summed E-state index contributed by atoms with van der Waals surface area (Å²) in [5.41, 5.74) is 1.64. The highest BCUT2D eigenvalue weighted by atomic mass is 19.4. The van der Waals surface area contributed by atoms with Crippen LogP contribution in [0.4, 0.5) is 42.0 Å². The third kappa shape index (κ3) is 8.06. The van der Waals surface area contributed by atoms with Crippen LogP contribution in [0.25, 0.3) is 0 Å². The number of nitrogens with zero attached hydrogens (tertiary/aromatic N) is 5. The summed E-state index contributed by atoms with van der Waals surface area (Å²) in [5, 5.41) is 11.6. The van der Waals surface area contributed by atoms with E-state index in [1.54, 1.807) is 55.7 Å². The molecule has 1 saturated heterocycles. The van der Waals surface area contributed by atoms with Gasteiger partial charge in [0, 0.05) is 62.6 Å². The number of amides is 1. The molecule has 1 aliphatic heterocycles. The Morgan fingerprint density at radius 3 is 2.60 bits per heavy atom. The van der Waals surface area contributed by atoms with Gasteiger partial charge in [0.2, 0.25) is 17.7 Å². The van der Waals surface area contributed by atoms with Gasteiger partial charge in [-0.15, -0.1) is 0 Å². The highest BCUT2D eigenvalue weighted by molar-refractivity contribution is 6.02. The fourth-order valence-corrected chi connectivity index (χ4v) is 4.97. The minimum Gasteiger partial charge on any atom is -0.481 e. The van der Waals surface area contributed by atoms with Crippen molar-refractivity contribution in [1.29, 1.82) is 0 Å². The molecule has 4 aromatic rings. The Morgan fingerprint density at radius 2 is 1.87 bits per heavy atom. The van der Waals surface area contributed by atoms with Gasteiger partial charge in [-0.05, 0) is 48.4 Å². The molecule has 1 atom stereocenters. The molecule has 4 heterocycles. The smallest absolute Gasteiger partial charge is 0.421 e. The molecule has 15 heteroatoms. The second kappa shape index (κ2) is 14.3. The third-order valence-corrected chi connectivity index (χ3v) is 7.42. The zero-order chi connectivity index (χ0) is 33.6. The van der Waals surface area contributed by atoms with E-state index in [0.717, 1.165) is 6.08 Å². The Balaban J connectivity index is 1.45. The number of carbonyl (C=O) groups excluding carboxylic acids is 2. The summed E-state index contributed by atoms with van der Waals surface area (Å²) in [6, 6.07) is 9.33. The normalized spacial score (nSPS) is 15.0. The SMILES string of the molecule is C=CC(=O)Nc1cc(CN2CCNCC2C(=O)c2ccncc2)ccc1Nc1nc(Nc2cc(OC)ncc2C)ncc1C(F)(F)F. The standard InChI is InChI=1S/C32H32F3N9O3/c1-4-27(45)40-25-13-20(18-44-12-11-37-17-26(44)29(46)21-7-9-36-10-8-21)5-6-23(25)41-30-22(32(33,34)35)16-39-31(43-30)42-24-14-28(47-3)38-15-19(24)2/h4-10,13-16,26,37H,1,11-12,17-18H2,2-3H3,(H,40,45)(H2,38,39,41,42,43). The summed E-state index contributed by atoms with van der Waals surface area (Å²) in [4.78, 5) is 43.8. The van der Waals surface area contributed by atoms with Crippen LogP contribution in [-0.4, -0.2) is 69.3 Å². The minimum atomic E-state index is -4.79. The van der Waals surface area contributed by atoms with Crippen LogP contribution in [0.3, 0.4) is 0 Å². The van der Waals surface area contributed by atoms with E-state index in [-0.39, 0.29) is 23.1 Å². The molecule has 1 unspecified atom stereocenters. The Hall–Kier alpha value is -5.41. The fourth-order valence-electron chi connectivity index (χ4n) is 4.97. The Labute approximate surface area is 268 Å². The van der Waals surface area contributed by atoms with Crippen molar-refractivity contribution in [2.45, 2.75) is 25.7 Å². The average molecular weight is 648 g/mol. The molecular weight excluding hydrogens is 615 g/mol. The van der Waals surface area contributed by atoms with Crippen molar-refractivity contribution in [3.63, 3.8) is 0 Å². The number of ether oxygens (including phenoxy) is 1. The number of alkyl halides is 3. The lowest BCUT2D eigenvalue weighted by atomic mass is 10.0. The van der Waals surface area contributed by atoms with E-state index in [0.29, 0.717) is 60.6 Å². The number of carbonyl (C=O) groups is 2. The van der Waals surface area contributed by atoms with Crippen LogP contribution < -0.4 is 26.0 Å². The van der Waals surface area contributed by atoms with E-state index >= 15 is 0 Å². The lowest BCUT2D eigenvalue weighted by molar-refractivity contribution is -0.137. The van der Waals surface area contributed by atoms with Gasteiger partial charge in [0.15, 0.2) is 5.78 Å². The molecule has 0 spiro atoms. The van der Waals surface area contributed by atoms with Crippen molar-refractivity contribution in [3.8, 4) is 5.88 Å². The van der Waals surface area contributed by atoms with Crippen molar-refractivity contribution >= 4 is 40.5 Å². The summed E-state index contributed by atoms with van der Waals surface area (Å²) >= 11 is 0. The van der Waals surface area contributed by atoms with Crippen molar-refractivity contribution in [3.05, 3.63) is 96.1 Å². The first-order valence-corrected chi connectivity index (χ1v) is 14.5. The zero-order valence-electron chi connectivity index (χ0n) is 25.6. The molecule has 5 rings (SSSR count). The second-order valence-corrected chi connectivity index (χ2v) is 10.6. The number of rotatable bonds is 11. The highest BCUT2D eigenvalue weighted by Gasteiger charge is 2.36. The van der Waals surface area contributed by atoms with E-state index < -0.39 is 29.5 Å². The quantitative estimate of drug-likeness (QED) is 0.131. The molecule has 0 saturated carbocycles. The number of anilines is 5. The molecule has 0 bridgehead atoms. The molecule has 0 radical (unpaired) electrons. The Morgan fingerprint density at radius 1 is 1.09 bits per heavy atom. The van der Waals surface area contributed by atoms with Crippen LogP contribution in [-0.2, 0) is 17.5 Å². The van der Waals surface area contributed by atoms with Gasteiger partial charge in [0.25, 0.3) is 0 Å². The number of ketones is 1. The van der Waals surface area contributed by atoms with Gasteiger partial charge < -0.3 is 26.0 Å². The molecule has 1 fully saturated rings.